The summed E-state index contributed by atoms with van der Waals surface area (Å²) in [6.45, 7) is 3.03. The van der Waals surface area contributed by atoms with Crippen LogP contribution in [0.2, 0.25) is 0 Å². The smallest absolute Gasteiger partial charge is 0.310 e. The predicted molar refractivity (Wildman–Crippen MR) is 93.3 cm³/mol. The van der Waals surface area contributed by atoms with Crippen LogP contribution in [0.1, 0.15) is 30.3 Å². The molecular formula is C17H24N4O6. The highest BCUT2D eigenvalue weighted by Gasteiger charge is 2.55. The second-order valence-corrected chi connectivity index (χ2v) is 6.67. The van der Waals surface area contributed by atoms with Crippen LogP contribution in [-0.2, 0) is 25.6 Å². The molecule has 4 atom stereocenters. The van der Waals surface area contributed by atoms with Gasteiger partial charge in [-0.25, -0.2) is 0 Å². The van der Waals surface area contributed by atoms with E-state index in [4.69, 9.17) is 9.47 Å². The minimum atomic E-state index is -1.04. The van der Waals surface area contributed by atoms with Gasteiger partial charge in [-0.1, -0.05) is 0 Å². The maximum Gasteiger partial charge on any atom is 0.310 e. The average Bonchev–Trinajstić information content (AvgIpc) is 3.35. The Labute approximate surface area is 156 Å². The summed E-state index contributed by atoms with van der Waals surface area (Å²) in [4.78, 5) is 36.7. The molecule has 1 aromatic rings. The third-order valence-corrected chi connectivity index (χ3v) is 5.01. The molecule has 0 saturated carbocycles. The molecule has 2 fully saturated rings. The van der Waals surface area contributed by atoms with Crippen LogP contribution in [0, 0.1) is 11.8 Å². The second kappa shape index (κ2) is 8.05. The molecule has 0 radical (unpaired) electrons. The van der Waals surface area contributed by atoms with E-state index in [0.29, 0.717) is 32.5 Å². The second-order valence-electron chi connectivity index (χ2n) is 6.67. The number of carboxylic acids is 1. The molecule has 2 aliphatic rings. The van der Waals surface area contributed by atoms with Crippen molar-refractivity contribution in [3.8, 4) is 0 Å². The highest BCUT2D eigenvalue weighted by molar-refractivity contribution is 6.03. The van der Waals surface area contributed by atoms with Gasteiger partial charge in [-0.05, 0) is 19.8 Å². The van der Waals surface area contributed by atoms with E-state index in [-0.39, 0.29) is 11.4 Å². The molecule has 3 rings (SSSR count). The zero-order valence-corrected chi connectivity index (χ0v) is 15.3. The number of amides is 2. The van der Waals surface area contributed by atoms with Crippen molar-refractivity contribution in [1.82, 2.24) is 15.1 Å². The topological polar surface area (TPSA) is 132 Å². The van der Waals surface area contributed by atoms with Gasteiger partial charge in [0, 0.05) is 26.4 Å². The minimum Gasteiger partial charge on any atom is -0.481 e. The number of hydrogen-bond donors (Lipinski definition) is 3. The van der Waals surface area contributed by atoms with Gasteiger partial charge in [-0.3, -0.25) is 19.1 Å². The first-order chi connectivity index (χ1) is 13.0. The van der Waals surface area contributed by atoms with Crippen LogP contribution >= 0.6 is 0 Å². The molecule has 0 aromatic carbocycles. The van der Waals surface area contributed by atoms with E-state index in [1.165, 1.54) is 11.8 Å². The summed E-state index contributed by atoms with van der Waals surface area (Å²) in [6.07, 6.45) is 2.03. The van der Waals surface area contributed by atoms with Gasteiger partial charge in [-0.2, -0.15) is 5.10 Å². The van der Waals surface area contributed by atoms with Crippen molar-refractivity contribution in [3.05, 3.63) is 11.9 Å². The van der Waals surface area contributed by atoms with Gasteiger partial charge in [-0.15, -0.1) is 0 Å². The molecule has 27 heavy (non-hydrogen) atoms. The van der Waals surface area contributed by atoms with Crippen molar-refractivity contribution in [2.45, 2.75) is 38.5 Å². The lowest BCUT2D eigenvalue weighted by atomic mass is 9.78. The van der Waals surface area contributed by atoms with Gasteiger partial charge >= 0.3 is 5.97 Å². The van der Waals surface area contributed by atoms with Crippen molar-refractivity contribution in [2.24, 2.45) is 11.8 Å². The number of aliphatic carboxylic acids is 1. The molecule has 0 spiro atoms. The first-order valence-electron chi connectivity index (χ1n) is 9.00. The Morgan fingerprint density at radius 3 is 2.67 bits per heavy atom. The van der Waals surface area contributed by atoms with E-state index in [0.717, 1.165) is 0 Å². The molecular weight excluding hydrogens is 356 g/mol. The first-order valence-corrected chi connectivity index (χ1v) is 9.00. The third-order valence-electron chi connectivity index (χ3n) is 5.01. The highest BCUT2D eigenvalue weighted by atomic mass is 16.5. The van der Waals surface area contributed by atoms with Crippen LogP contribution in [0.3, 0.4) is 0 Å². The Morgan fingerprint density at radius 1 is 1.33 bits per heavy atom. The first kappa shape index (κ1) is 19.3. The Hall–Kier alpha value is -2.46. The van der Waals surface area contributed by atoms with E-state index in [9.17, 15) is 19.5 Å². The quantitative estimate of drug-likeness (QED) is 0.545. The molecule has 0 aliphatic carbocycles. The van der Waals surface area contributed by atoms with Gasteiger partial charge in [0.25, 0.3) is 5.91 Å². The van der Waals surface area contributed by atoms with Crippen LogP contribution in [0.5, 0.6) is 0 Å². The van der Waals surface area contributed by atoms with Gasteiger partial charge in [0.15, 0.2) is 5.69 Å². The van der Waals surface area contributed by atoms with Gasteiger partial charge in [0.1, 0.15) is 0 Å². The molecule has 2 amide bonds. The zero-order chi connectivity index (χ0) is 19.6. The third kappa shape index (κ3) is 3.81. The van der Waals surface area contributed by atoms with Crippen molar-refractivity contribution in [3.63, 3.8) is 0 Å². The number of rotatable bonds is 8. The average molecular weight is 380 g/mol. The van der Waals surface area contributed by atoms with Crippen LogP contribution in [-0.4, -0.2) is 65.1 Å². The Bertz CT molecular complexity index is 733. The number of carbonyl (C=O) groups is 3. The number of ether oxygens (including phenoxy) is 2. The molecule has 10 heteroatoms. The fourth-order valence-corrected chi connectivity index (χ4v) is 3.73. The number of aryl methyl sites for hydroxylation is 1. The fraction of sp³-hybridized carbons (Fsp3) is 0.647. The Morgan fingerprint density at radius 2 is 2.04 bits per heavy atom. The zero-order valence-electron chi connectivity index (χ0n) is 15.3. The molecule has 3 N–H and O–H groups in total. The number of fused-ring (bicyclic) bond motifs is 2. The molecule has 148 valence electrons. The minimum absolute atomic E-state index is 0.0808. The molecule has 2 aliphatic heterocycles. The van der Waals surface area contributed by atoms with E-state index >= 15 is 0 Å². The van der Waals surface area contributed by atoms with Crippen molar-refractivity contribution < 1.29 is 29.0 Å². The van der Waals surface area contributed by atoms with Crippen LogP contribution in [0.4, 0.5) is 5.69 Å². The predicted octanol–water partition coefficient (Wildman–Crippen LogP) is 0.0959. The number of anilines is 1. The van der Waals surface area contributed by atoms with E-state index in [2.05, 4.69) is 15.7 Å². The Kier molecular flexibility index (Phi) is 5.76. The Balaban J connectivity index is 1.76. The summed E-state index contributed by atoms with van der Waals surface area (Å²) in [5, 5.41) is 19.0. The van der Waals surface area contributed by atoms with Crippen LogP contribution in [0.15, 0.2) is 6.20 Å². The number of hydrogen-bond acceptors (Lipinski definition) is 6. The summed E-state index contributed by atoms with van der Waals surface area (Å²) < 4.78 is 12.1. The largest absolute Gasteiger partial charge is 0.481 e. The van der Waals surface area contributed by atoms with E-state index in [1.54, 1.807) is 6.20 Å². The standard InChI is InChI=1S/C17H24N4O6/c1-3-21-8-9(14(20-21)16(23)18-6-7-26-2)19-15(22)12-10-4-5-11(27-10)13(12)17(24)25/h8,10-13H,3-7H2,1-2H3,(H,18,23)(H,19,22)(H,24,25)/t10-,11-,12+,13-/m1/s1. The molecule has 2 saturated heterocycles. The van der Waals surface area contributed by atoms with Crippen LogP contribution in [0.25, 0.3) is 0 Å². The maximum atomic E-state index is 12.8. The monoisotopic (exact) mass is 380 g/mol. The van der Waals surface area contributed by atoms with Crippen LogP contribution < -0.4 is 10.6 Å². The lowest BCUT2D eigenvalue weighted by molar-refractivity contribution is -0.147. The molecule has 10 nitrogen and oxygen atoms in total. The molecule has 0 unspecified atom stereocenters. The van der Waals surface area contributed by atoms with Crippen molar-refractivity contribution in [1.29, 1.82) is 0 Å². The summed E-state index contributed by atoms with van der Waals surface area (Å²) in [6, 6.07) is 0. The molecule has 2 bridgehead atoms. The number of aromatic nitrogens is 2. The number of nitrogens with one attached hydrogen (secondary N) is 2. The number of nitrogens with zero attached hydrogens (tertiary/aromatic N) is 2. The summed E-state index contributed by atoms with van der Waals surface area (Å²) in [5.74, 6) is -3.59. The fourth-order valence-electron chi connectivity index (χ4n) is 3.73. The maximum absolute atomic E-state index is 12.8. The number of methoxy groups -OCH3 is 1. The van der Waals surface area contributed by atoms with E-state index in [1.807, 2.05) is 6.92 Å². The van der Waals surface area contributed by atoms with Crippen molar-refractivity contribution in [2.75, 3.05) is 25.6 Å². The van der Waals surface area contributed by atoms with Crippen molar-refractivity contribution >= 4 is 23.5 Å². The lowest BCUT2D eigenvalue weighted by Crippen LogP contribution is -2.41. The van der Waals surface area contributed by atoms with Gasteiger partial charge in [0.05, 0.1) is 36.3 Å². The number of carboxylic acid groups (broad SMARTS) is 1. The summed E-state index contributed by atoms with van der Waals surface area (Å²) >= 11 is 0. The van der Waals surface area contributed by atoms with Gasteiger partial charge < -0.3 is 25.2 Å². The van der Waals surface area contributed by atoms with E-state index < -0.39 is 41.8 Å². The summed E-state index contributed by atoms with van der Waals surface area (Å²) in [5.41, 5.74) is 0.334. The molecule has 1 aromatic heterocycles. The highest BCUT2D eigenvalue weighted by Crippen LogP contribution is 2.44. The SMILES string of the molecule is CCn1cc(NC(=O)[C@@H]2[C@H](C(=O)O)[C@H]3CC[C@H]2O3)c(C(=O)NCCOC)n1. The lowest BCUT2D eigenvalue weighted by Gasteiger charge is -2.23. The number of carbonyl (C=O) groups excluding carboxylic acids is 2. The normalized spacial score (nSPS) is 26.1. The summed E-state index contributed by atoms with van der Waals surface area (Å²) in [7, 11) is 1.53. The molecule has 3 heterocycles. The van der Waals surface area contributed by atoms with Gasteiger partial charge in [0.2, 0.25) is 5.91 Å².